The summed E-state index contributed by atoms with van der Waals surface area (Å²) in [7, 11) is 0. The zero-order valence-corrected chi connectivity index (χ0v) is 11.7. The van der Waals surface area contributed by atoms with Crippen molar-refractivity contribution in [3.05, 3.63) is 46.9 Å². The summed E-state index contributed by atoms with van der Waals surface area (Å²) in [5, 5.41) is 0. The maximum Gasteiger partial charge on any atom is 0.419 e. The number of pyridine rings is 1. The Morgan fingerprint density at radius 1 is 1.05 bits per heavy atom. The molecule has 0 amide bonds. The molecule has 0 saturated carbocycles. The molecule has 0 spiro atoms. The number of alkyl halides is 6. The van der Waals surface area contributed by atoms with Gasteiger partial charge in [-0.25, -0.2) is 0 Å². The number of nitrogens with zero attached hydrogens (tertiary/aromatic N) is 2. The third-order valence-corrected chi connectivity index (χ3v) is 3.23. The third-order valence-electron chi connectivity index (χ3n) is 3.23. The van der Waals surface area contributed by atoms with Crippen molar-refractivity contribution in [1.82, 2.24) is 4.98 Å². The number of allylic oxidation sites excluding steroid dienone is 3. The molecule has 0 aliphatic carbocycles. The minimum atomic E-state index is -4.63. The van der Waals surface area contributed by atoms with Gasteiger partial charge in [-0.1, -0.05) is 6.08 Å². The van der Waals surface area contributed by atoms with Crippen molar-refractivity contribution in [3.8, 4) is 0 Å². The van der Waals surface area contributed by atoms with Crippen LogP contribution in [0.2, 0.25) is 0 Å². The first-order chi connectivity index (χ1) is 10.00. The van der Waals surface area contributed by atoms with Crippen LogP contribution >= 0.6 is 0 Å². The summed E-state index contributed by atoms with van der Waals surface area (Å²) in [4.78, 5) is 4.81. The van der Waals surface area contributed by atoms with Crippen LogP contribution in [0.3, 0.4) is 0 Å². The first kappa shape index (κ1) is 16.4. The molecule has 2 nitrogen and oxygen atoms in total. The van der Waals surface area contributed by atoms with E-state index in [0.29, 0.717) is 11.9 Å². The molecule has 0 atom stereocenters. The Kier molecular flexibility index (Phi) is 3.97. The average Bonchev–Trinajstić information content (AvgIpc) is 2.35. The summed E-state index contributed by atoms with van der Waals surface area (Å²) in [5.41, 5.74) is -1.60. The predicted molar refractivity (Wildman–Crippen MR) is 69.2 cm³/mol. The molecule has 0 unspecified atom stereocenters. The molecule has 0 N–H and O–H groups in total. The summed E-state index contributed by atoms with van der Waals surface area (Å²) in [6, 6.07) is 1.21. The van der Waals surface area contributed by atoms with E-state index in [1.807, 2.05) is 0 Å². The van der Waals surface area contributed by atoms with Gasteiger partial charge in [-0.3, -0.25) is 4.98 Å². The molecular weight excluding hydrogens is 310 g/mol. The highest BCUT2D eigenvalue weighted by molar-refractivity contribution is 5.61. The number of hydrogen-bond donors (Lipinski definition) is 0. The van der Waals surface area contributed by atoms with E-state index in [4.69, 9.17) is 0 Å². The second-order valence-electron chi connectivity index (χ2n) is 4.89. The second-order valence-corrected chi connectivity index (χ2v) is 4.89. The van der Waals surface area contributed by atoms with Crippen LogP contribution in [0.5, 0.6) is 0 Å². The number of aryl methyl sites for hydroxylation is 1. The van der Waals surface area contributed by atoms with Crippen LogP contribution in [0.1, 0.15) is 18.2 Å². The van der Waals surface area contributed by atoms with Gasteiger partial charge in [-0.05, 0) is 26.0 Å². The van der Waals surface area contributed by atoms with Gasteiger partial charge in [0.2, 0.25) is 0 Å². The van der Waals surface area contributed by atoms with E-state index in [1.165, 1.54) is 24.8 Å². The monoisotopic (exact) mass is 322 g/mol. The Morgan fingerprint density at radius 2 is 1.68 bits per heavy atom. The Bertz CT molecular complexity index is 640. The maximum atomic E-state index is 13.0. The number of rotatable bonds is 1. The van der Waals surface area contributed by atoms with Crippen molar-refractivity contribution in [2.45, 2.75) is 26.2 Å². The molecule has 1 aliphatic heterocycles. The molecule has 0 aromatic carbocycles. The van der Waals surface area contributed by atoms with E-state index < -0.39 is 23.5 Å². The van der Waals surface area contributed by atoms with E-state index in [2.05, 4.69) is 4.98 Å². The highest BCUT2D eigenvalue weighted by atomic mass is 19.4. The maximum absolute atomic E-state index is 13.0. The van der Waals surface area contributed by atoms with Gasteiger partial charge in [0.25, 0.3) is 0 Å². The molecule has 0 fully saturated rings. The van der Waals surface area contributed by atoms with Gasteiger partial charge in [0.05, 0.1) is 16.8 Å². The van der Waals surface area contributed by atoms with E-state index in [0.717, 1.165) is 12.2 Å². The van der Waals surface area contributed by atoms with E-state index in [-0.39, 0.29) is 17.9 Å². The molecule has 1 aliphatic rings. The Labute approximate surface area is 122 Å². The number of halogens is 6. The van der Waals surface area contributed by atoms with E-state index >= 15 is 0 Å². The van der Waals surface area contributed by atoms with Crippen molar-refractivity contribution >= 4 is 5.69 Å². The Balaban J connectivity index is 2.45. The van der Waals surface area contributed by atoms with Crippen molar-refractivity contribution in [1.29, 1.82) is 0 Å². The lowest BCUT2D eigenvalue weighted by Crippen LogP contribution is -2.29. The molecule has 1 aromatic rings. The topological polar surface area (TPSA) is 16.1 Å². The summed E-state index contributed by atoms with van der Waals surface area (Å²) in [6.07, 6.45) is -6.76. The summed E-state index contributed by atoms with van der Waals surface area (Å²) in [6.45, 7) is 2.57. The second kappa shape index (κ2) is 5.33. The van der Waals surface area contributed by atoms with Gasteiger partial charge in [0.15, 0.2) is 0 Å². The lowest BCUT2D eigenvalue weighted by atomic mass is 10.1. The van der Waals surface area contributed by atoms with Crippen LogP contribution in [-0.2, 0) is 6.18 Å². The fourth-order valence-electron chi connectivity index (χ4n) is 2.17. The highest BCUT2D eigenvalue weighted by Crippen LogP contribution is 2.39. The zero-order chi connectivity index (χ0) is 16.7. The lowest BCUT2D eigenvalue weighted by molar-refractivity contribution is -0.137. The van der Waals surface area contributed by atoms with Crippen LogP contribution in [-0.4, -0.2) is 17.7 Å². The van der Waals surface area contributed by atoms with Crippen LogP contribution in [0, 0.1) is 6.92 Å². The molecule has 120 valence electrons. The van der Waals surface area contributed by atoms with Crippen molar-refractivity contribution in [3.63, 3.8) is 0 Å². The van der Waals surface area contributed by atoms with Gasteiger partial charge >= 0.3 is 12.4 Å². The van der Waals surface area contributed by atoms with Crippen molar-refractivity contribution in [2.75, 3.05) is 11.4 Å². The average molecular weight is 322 g/mol. The fourth-order valence-corrected chi connectivity index (χ4v) is 2.17. The van der Waals surface area contributed by atoms with Gasteiger partial charge in [-0.2, -0.15) is 26.3 Å². The predicted octanol–water partition coefficient (Wildman–Crippen LogP) is 4.62. The molecule has 0 saturated heterocycles. The number of aromatic nitrogens is 1. The first-order valence-electron chi connectivity index (χ1n) is 6.27. The molecule has 8 heteroatoms. The third kappa shape index (κ3) is 3.26. The zero-order valence-electron chi connectivity index (χ0n) is 11.7. The molecule has 0 radical (unpaired) electrons. The summed E-state index contributed by atoms with van der Waals surface area (Å²) in [5.74, 6) is 0. The van der Waals surface area contributed by atoms with Gasteiger partial charge in [-0.15, -0.1) is 0 Å². The molecule has 1 aromatic heterocycles. The highest BCUT2D eigenvalue weighted by Gasteiger charge is 2.38. The lowest BCUT2D eigenvalue weighted by Gasteiger charge is -2.30. The molecular formula is C14H12F6N2. The quantitative estimate of drug-likeness (QED) is 0.701. The molecule has 2 heterocycles. The minimum absolute atomic E-state index is 0.0888. The largest absolute Gasteiger partial charge is 0.419 e. The SMILES string of the molecule is CC1=CC(C(F)(F)F)=CCN1c1cc(C)ncc1C(F)(F)F. The van der Waals surface area contributed by atoms with Crippen LogP contribution in [0.25, 0.3) is 0 Å². The molecule has 22 heavy (non-hydrogen) atoms. The summed E-state index contributed by atoms with van der Waals surface area (Å²) < 4.78 is 77.1. The Hall–Kier alpha value is -1.99. The van der Waals surface area contributed by atoms with Crippen LogP contribution in [0.4, 0.5) is 32.0 Å². The minimum Gasteiger partial charge on any atom is -0.341 e. The van der Waals surface area contributed by atoms with Gasteiger partial charge in [0, 0.05) is 24.1 Å². The standard InChI is InChI=1S/C14H12F6N2/c1-8-5-12(11(7-21-8)14(18,19)20)22-4-3-10(6-9(22)2)13(15,16)17/h3,5-7H,4H2,1-2H3. The van der Waals surface area contributed by atoms with Gasteiger partial charge in [0.1, 0.15) is 0 Å². The normalized spacial score (nSPS) is 16.5. The number of hydrogen-bond acceptors (Lipinski definition) is 2. The fraction of sp³-hybridized carbons (Fsp3) is 0.357. The van der Waals surface area contributed by atoms with E-state index in [9.17, 15) is 26.3 Å². The van der Waals surface area contributed by atoms with Crippen LogP contribution < -0.4 is 4.90 Å². The number of anilines is 1. The van der Waals surface area contributed by atoms with Crippen molar-refractivity contribution < 1.29 is 26.3 Å². The smallest absolute Gasteiger partial charge is 0.341 e. The van der Waals surface area contributed by atoms with E-state index in [1.54, 1.807) is 0 Å². The van der Waals surface area contributed by atoms with Crippen LogP contribution in [0.15, 0.2) is 35.7 Å². The molecule has 2 rings (SSSR count). The van der Waals surface area contributed by atoms with Crippen molar-refractivity contribution in [2.24, 2.45) is 0 Å². The molecule has 0 bridgehead atoms. The Morgan fingerprint density at radius 3 is 2.18 bits per heavy atom. The van der Waals surface area contributed by atoms with Gasteiger partial charge < -0.3 is 4.90 Å². The first-order valence-corrected chi connectivity index (χ1v) is 6.27. The summed E-state index contributed by atoms with van der Waals surface area (Å²) >= 11 is 0.